The van der Waals surface area contributed by atoms with E-state index in [1.807, 2.05) is 0 Å². The van der Waals surface area contributed by atoms with Crippen molar-refractivity contribution in [2.75, 3.05) is 19.6 Å². The third kappa shape index (κ3) is 4.67. The second kappa shape index (κ2) is 9.18. The number of H-pyrrole nitrogens is 1. The van der Waals surface area contributed by atoms with Gasteiger partial charge in [-0.2, -0.15) is 9.40 Å². The molecule has 0 spiro atoms. The Hall–Kier alpha value is -2.39. The van der Waals surface area contributed by atoms with E-state index in [9.17, 15) is 13.2 Å². The average Bonchev–Trinajstić information content (AvgIpc) is 3.47. The molecule has 3 heterocycles. The zero-order valence-corrected chi connectivity index (χ0v) is 17.8. The molecule has 0 radical (unpaired) electrons. The second-order valence-corrected chi connectivity index (χ2v) is 9.81. The van der Waals surface area contributed by atoms with Gasteiger partial charge in [-0.3, -0.25) is 9.89 Å². The number of amides is 1. The molecule has 8 nitrogen and oxygen atoms in total. The van der Waals surface area contributed by atoms with E-state index in [0.717, 1.165) is 19.3 Å². The van der Waals surface area contributed by atoms with Crippen molar-refractivity contribution in [3.8, 4) is 11.5 Å². The van der Waals surface area contributed by atoms with Crippen LogP contribution in [0, 0.1) is 5.92 Å². The van der Waals surface area contributed by atoms with Gasteiger partial charge in [0.15, 0.2) is 5.76 Å². The molecule has 1 fully saturated rings. The zero-order valence-electron chi connectivity index (χ0n) is 17.0. The fraction of sp³-hybridized carbons (Fsp3) is 0.524. The first-order valence-electron chi connectivity index (χ1n) is 10.6. The van der Waals surface area contributed by atoms with Crippen molar-refractivity contribution in [3.05, 3.63) is 36.0 Å². The van der Waals surface area contributed by atoms with Gasteiger partial charge >= 0.3 is 0 Å². The SMILES string of the molecule is O=C(NCCC1=CCCCC1)C1CCCN(S(=O)(=O)c2ccc(-c3ccn[nH]3)o2)C1. The minimum absolute atomic E-state index is 0.0658. The summed E-state index contributed by atoms with van der Waals surface area (Å²) in [5.74, 6) is 0.00852. The maximum Gasteiger partial charge on any atom is 0.276 e. The predicted molar refractivity (Wildman–Crippen MR) is 112 cm³/mol. The van der Waals surface area contributed by atoms with Crippen molar-refractivity contribution in [1.82, 2.24) is 19.8 Å². The van der Waals surface area contributed by atoms with Crippen LogP contribution in [-0.4, -0.2) is 48.5 Å². The topological polar surface area (TPSA) is 108 Å². The lowest BCUT2D eigenvalue weighted by Crippen LogP contribution is -2.45. The van der Waals surface area contributed by atoms with Crippen LogP contribution >= 0.6 is 0 Å². The lowest BCUT2D eigenvalue weighted by molar-refractivity contribution is -0.126. The first kappa shape index (κ1) is 20.9. The molecule has 1 saturated heterocycles. The summed E-state index contributed by atoms with van der Waals surface area (Å²) in [6.45, 7) is 1.18. The summed E-state index contributed by atoms with van der Waals surface area (Å²) < 4.78 is 33.0. The van der Waals surface area contributed by atoms with Gasteiger partial charge in [0.1, 0.15) is 5.69 Å². The molecule has 2 aliphatic rings. The highest BCUT2D eigenvalue weighted by molar-refractivity contribution is 7.89. The van der Waals surface area contributed by atoms with Crippen molar-refractivity contribution >= 4 is 15.9 Å². The number of nitrogens with one attached hydrogen (secondary N) is 2. The van der Waals surface area contributed by atoms with Gasteiger partial charge in [-0.1, -0.05) is 11.6 Å². The summed E-state index contributed by atoms with van der Waals surface area (Å²) in [5, 5.41) is 9.49. The van der Waals surface area contributed by atoms with Crippen LogP contribution in [0.1, 0.15) is 44.9 Å². The van der Waals surface area contributed by atoms with E-state index in [0.29, 0.717) is 37.4 Å². The van der Waals surface area contributed by atoms with E-state index in [-0.39, 0.29) is 23.5 Å². The van der Waals surface area contributed by atoms with Gasteiger partial charge in [-0.15, -0.1) is 0 Å². The molecular weight excluding hydrogens is 404 g/mol. The number of sulfonamides is 1. The first-order chi connectivity index (χ1) is 14.5. The van der Waals surface area contributed by atoms with Crippen LogP contribution in [0.15, 0.2) is 45.6 Å². The Kier molecular flexibility index (Phi) is 6.38. The number of nitrogens with zero attached hydrogens (tertiary/aromatic N) is 2. The Balaban J connectivity index is 1.35. The number of aromatic nitrogens is 2. The van der Waals surface area contributed by atoms with Crippen LogP contribution in [0.2, 0.25) is 0 Å². The normalized spacial score (nSPS) is 20.7. The van der Waals surface area contributed by atoms with Crippen LogP contribution in [-0.2, 0) is 14.8 Å². The Bertz CT molecular complexity index is 994. The largest absolute Gasteiger partial charge is 0.442 e. The van der Waals surface area contributed by atoms with Gasteiger partial charge in [-0.25, -0.2) is 8.42 Å². The van der Waals surface area contributed by atoms with Crippen molar-refractivity contribution in [1.29, 1.82) is 0 Å². The fourth-order valence-corrected chi connectivity index (χ4v) is 5.56. The summed E-state index contributed by atoms with van der Waals surface area (Å²) >= 11 is 0. The molecule has 9 heteroatoms. The number of allylic oxidation sites excluding steroid dienone is 1. The summed E-state index contributed by atoms with van der Waals surface area (Å²) in [6.07, 6.45) is 10.8. The minimum Gasteiger partial charge on any atom is -0.442 e. The van der Waals surface area contributed by atoms with E-state index < -0.39 is 10.0 Å². The van der Waals surface area contributed by atoms with E-state index in [1.165, 1.54) is 28.8 Å². The molecule has 1 atom stereocenters. The molecule has 162 valence electrons. The molecule has 4 rings (SSSR count). The monoisotopic (exact) mass is 432 g/mol. The molecule has 1 aliphatic heterocycles. The molecule has 1 unspecified atom stereocenters. The summed E-state index contributed by atoms with van der Waals surface area (Å²) in [4.78, 5) is 12.6. The van der Waals surface area contributed by atoms with Crippen LogP contribution in [0.5, 0.6) is 0 Å². The fourth-order valence-electron chi connectivity index (χ4n) is 4.12. The van der Waals surface area contributed by atoms with Gasteiger partial charge < -0.3 is 9.73 Å². The van der Waals surface area contributed by atoms with Crippen molar-refractivity contribution < 1.29 is 17.6 Å². The second-order valence-electron chi connectivity index (χ2n) is 7.94. The molecule has 0 saturated carbocycles. The Morgan fingerprint density at radius 1 is 1.27 bits per heavy atom. The van der Waals surface area contributed by atoms with Crippen LogP contribution in [0.25, 0.3) is 11.5 Å². The lowest BCUT2D eigenvalue weighted by Gasteiger charge is -2.30. The zero-order chi connectivity index (χ0) is 21.0. The van der Waals surface area contributed by atoms with E-state index in [1.54, 1.807) is 18.3 Å². The van der Waals surface area contributed by atoms with Crippen molar-refractivity contribution in [3.63, 3.8) is 0 Å². The highest BCUT2D eigenvalue weighted by Gasteiger charge is 2.35. The molecule has 2 aromatic rings. The molecule has 30 heavy (non-hydrogen) atoms. The minimum atomic E-state index is -3.79. The molecule has 2 N–H and O–H groups in total. The maximum absolute atomic E-state index is 13.0. The van der Waals surface area contributed by atoms with Crippen LogP contribution in [0.4, 0.5) is 0 Å². The highest BCUT2D eigenvalue weighted by Crippen LogP contribution is 2.28. The Morgan fingerprint density at radius 3 is 2.93 bits per heavy atom. The quantitative estimate of drug-likeness (QED) is 0.654. The summed E-state index contributed by atoms with van der Waals surface area (Å²) in [7, 11) is -3.79. The number of carbonyl (C=O) groups excluding carboxylic acids is 1. The summed E-state index contributed by atoms with van der Waals surface area (Å²) in [6, 6.07) is 4.77. The number of carbonyl (C=O) groups is 1. The number of rotatable bonds is 7. The molecular formula is C21H28N4O4S. The van der Waals surface area contributed by atoms with E-state index in [4.69, 9.17) is 4.42 Å². The summed E-state index contributed by atoms with van der Waals surface area (Å²) in [5.41, 5.74) is 2.03. The van der Waals surface area contributed by atoms with E-state index >= 15 is 0 Å². The third-order valence-corrected chi connectivity index (χ3v) is 7.57. The van der Waals surface area contributed by atoms with Gasteiger partial charge in [0.2, 0.25) is 11.0 Å². The standard InChI is InChI=1S/C21H28N4O4S/c26-21(22-12-10-16-5-2-1-3-6-16)17-7-4-14-25(15-17)30(27,28)20-9-8-19(29-20)18-11-13-23-24-18/h5,8-9,11,13,17H,1-4,6-7,10,12,14-15H2,(H,22,26)(H,23,24). The molecule has 0 bridgehead atoms. The Morgan fingerprint density at radius 2 is 2.17 bits per heavy atom. The average molecular weight is 433 g/mol. The number of aromatic amines is 1. The molecule has 1 amide bonds. The predicted octanol–water partition coefficient (Wildman–Crippen LogP) is 3.08. The smallest absolute Gasteiger partial charge is 0.276 e. The third-order valence-electron chi connectivity index (χ3n) is 5.83. The van der Waals surface area contributed by atoms with Gasteiger partial charge in [0.05, 0.1) is 5.92 Å². The van der Waals surface area contributed by atoms with Gasteiger partial charge in [0.25, 0.3) is 10.0 Å². The van der Waals surface area contributed by atoms with Crippen LogP contribution < -0.4 is 5.32 Å². The highest BCUT2D eigenvalue weighted by atomic mass is 32.2. The number of furan rings is 1. The van der Waals surface area contributed by atoms with Gasteiger partial charge in [0, 0.05) is 25.8 Å². The first-order valence-corrected chi connectivity index (χ1v) is 12.0. The number of piperidine rings is 1. The van der Waals surface area contributed by atoms with Crippen molar-refractivity contribution in [2.45, 2.75) is 50.0 Å². The number of hydrogen-bond acceptors (Lipinski definition) is 5. The van der Waals surface area contributed by atoms with Crippen LogP contribution in [0.3, 0.4) is 0 Å². The van der Waals surface area contributed by atoms with Crippen molar-refractivity contribution in [2.24, 2.45) is 5.92 Å². The van der Waals surface area contributed by atoms with Gasteiger partial charge in [-0.05, 0) is 63.1 Å². The maximum atomic E-state index is 13.0. The molecule has 0 aromatic carbocycles. The Labute approximate surface area is 176 Å². The molecule has 1 aliphatic carbocycles. The van der Waals surface area contributed by atoms with E-state index in [2.05, 4.69) is 21.6 Å². The lowest BCUT2D eigenvalue weighted by atomic mass is 9.96. The molecule has 2 aromatic heterocycles. The number of hydrogen-bond donors (Lipinski definition) is 2.